The van der Waals surface area contributed by atoms with Gasteiger partial charge in [-0.3, -0.25) is 0 Å². The van der Waals surface area contributed by atoms with Crippen molar-refractivity contribution >= 4 is 22.6 Å². The number of pyridine rings is 1. The maximum atomic E-state index is 9.22. The van der Waals surface area contributed by atoms with E-state index in [0.29, 0.717) is 28.3 Å². The number of halogens is 1. The topological polar surface area (TPSA) is 71.1 Å². The van der Waals surface area contributed by atoms with Crippen LogP contribution in [0, 0.1) is 11.3 Å². The van der Waals surface area contributed by atoms with Crippen LogP contribution in [0.2, 0.25) is 6.63 Å². The molecule has 132 valence electrons. The van der Waals surface area contributed by atoms with Crippen molar-refractivity contribution in [3.63, 3.8) is 0 Å². The number of furan rings is 1. The monoisotopic (exact) mass is 368 g/mol. The summed E-state index contributed by atoms with van der Waals surface area (Å²) in [6.45, 7) is 1.80. The number of nitrogens with zero attached hydrogens (tertiary/aromatic N) is 2. The van der Waals surface area contributed by atoms with Crippen molar-refractivity contribution < 1.29 is 10.6 Å². The molecule has 1 aliphatic heterocycles. The van der Waals surface area contributed by atoms with E-state index in [1.165, 1.54) is 0 Å². The molecule has 0 bridgehead atoms. The van der Waals surface area contributed by atoms with Gasteiger partial charge in [-0.15, -0.1) is 0 Å². The number of ether oxygens (including phenoxy) is 1. The van der Waals surface area contributed by atoms with E-state index in [-0.39, 0.29) is 11.8 Å². The van der Waals surface area contributed by atoms with Crippen molar-refractivity contribution in [1.29, 1.82) is 5.26 Å². The second-order valence-electron chi connectivity index (χ2n) is 6.31. The highest BCUT2D eigenvalue weighted by molar-refractivity contribution is 6.29. The van der Waals surface area contributed by atoms with Gasteiger partial charge in [0.1, 0.15) is 13.6 Å². The summed E-state index contributed by atoms with van der Waals surface area (Å²) in [7, 11) is 0. The molecule has 26 heavy (non-hydrogen) atoms. The highest BCUT2D eigenvalue weighted by atomic mass is 35.5. The smallest absolute Gasteiger partial charge is 0.213 e. The number of nitrogens with one attached hydrogen (secondary N) is 1. The van der Waals surface area contributed by atoms with Crippen LogP contribution < -0.4 is 10.0 Å². The molecule has 1 aromatic carbocycles. The summed E-state index contributed by atoms with van der Waals surface area (Å²) in [6, 6.07) is 13.1. The zero-order valence-electron chi connectivity index (χ0n) is 15.1. The molecule has 0 unspecified atom stereocenters. The van der Waals surface area contributed by atoms with Gasteiger partial charge in [-0.05, 0) is 49.7 Å². The fourth-order valence-electron chi connectivity index (χ4n) is 3.30. The summed E-state index contributed by atoms with van der Waals surface area (Å²) in [5.41, 5.74) is 2.90. The highest BCUT2D eigenvalue weighted by Crippen LogP contribution is 2.30. The SMILES string of the molecule is [2H]N1CCC(c2cccc(OCc3ccc(C#N)c4cc(Cl)oc34)n2)CC1. The lowest BCUT2D eigenvalue weighted by atomic mass is 9.94. The molecule has 0 spiro atoms. The normalized spacial score (nSPS) is 16.4. The minimum absolute atomic E-state index is 0.245. The van der Waals surface area contributed by atoms with Gasteiger partial charge in [0, 0.05) is 34.7 Å². The van der Waals surface area contributed by atoms with Gasteiger partial charge in [0.2, 0.25) is 5.88 Å². The van der Waals surface area contributed by atoms with Gasteiger partial charge >= 0.3 is 0 Å². The van der Waals surface area contributed by atoms with E-state index in [4.69, 9.17) is 22.2 Å². The van der Waals surface area contributed by atoms with E-state index in [1.807, 2.05) is 24.3 Å². The number of aromatic nitrogens is 1. The number of benzene rings is 1. The number of piperidine rings is 1. The summed E-state index contributed by atoms with van der Waals surface area (Å²) in [5, 5.41) is 11.8. The average Bonchev–Trinajstić information content (AvgIpc) is 3.08. The van der Waals surface area contributed by atoms with E-state index in [1.54, 1.807) is 17.4 Å². The first-order valence-electron chi connectivity index (χ1n) is 9.03. The molecule has 0 atom stereocenters. The minimum atomic E-state index is 0.245. The number of hydrogen-bond donors (Lipinski definition) is 1. The number of rotatable bonds is 4. The lowest BCUT2D eigenvalue weighted by Crippen LogP contribution is -2.27. The Morgan fingerprint density at radius 3 is 3.00 bits per heavy atom. The van der Waals surface area contributed by atoms with Gasteiger partial charge in [-0.25, -0.2) is 4.98 Å². The Balaban J connectivity index is 1.52. The lowest BCUT2D eigenvalue weighted by Gasteiger charge is -2.22. The Kier molecular flexibility index (Phi) is 4.44. The molecule has 5 nitrogen and oxygen atoms in total. The third-order valence-electron chi connectivity index (χ3n) is 4.67. The zero-order valence-corrected chi connectivity index (χ0v) is 14.9. The van der Waals surface area contributed by atoms with Crippen LogP contribution in [-0.2, 0) is 6.61 Å². The summed E-state index contributed by atoms with van der Waals surface area (Å²) < 4.78 is 19.1. The number of fused-ring (bicyclic) bond motifs is 1. The molecule has 6 heteroatoms. The van der Waals surface area contributed by atoms with E-state index in [2.05, 4.69) is 11.1 Å². The van der Waals surface area contributed by atoms with Crippen LogP contribution >= 0.6 is 11.6 Å². The van der Waals surface area contributed by atoms with Gasteiger partial charge in [0.15, 0.2) is 5.22 Å². The average molecular weight is 369 g/mol. The minimum Gasteiger partial charge on any atom is -0.473 e. The largest absolute Gasteiger partial charge is 0.473 e. The molecular weight excluding hydrogens is 350 g/mol. The molecule has 4 rings (SSSR count). The molecule has 2 aromatic heterocycles. The standard InChI is InChI=1S/C20H18ClN3O2/c21-18-10-16-14(11-22)4-5-15(20(16)26-18)12-25-19-3-1-2-17(24-19)13-6-8-23-9-7-13/h1-5,10,13,23H,6-9,12H2/i/hD. The molecule has 1 saturated heterocycles. The van der Waals surface area contributed by atoms with Crippen LogP contribution in [-0.4, -0.2) is 18.1 Å². The lowest BCUT2D eigenvalue weighted by molar-refractivity contribution is 0.291. The summed E-state index contributed by atoms with van der Waals surface area (Å²) in [4.78, 5) is 4.64. The predicted molar refractivity (Wildman–Crippen MR) is 99.4 cm³/mol. The maximum absolute atomic E-state index is 9.22. The van der Waals surface area contributed by atoms with Crippen molar-refractivity contribution in [3.05, 3.63) is 58.4 Å². The first-order valence-corrected chi connectivity index (χ1v) is 8.96. The van der Waals surface area contributed by atoms with Crippen LogP contribution in [0.15, 0.2) is 40.8 Å². The zero-order chi connectivity index (χ0) is 18.8. The third-order valence-corrected chi connectivity index (χ3v) is 4.85. The second-order valence-corrected chi connectivity index (χ2v) is 6.68. The fraction of sp³-hybridized carbons (Fsp3) is 0.300. The first-order chi connectivity index (χ1) is 13.1. The van der Waals surface area contributed by atoms with E-state index >= 15 is 0 Å². The van der Waals surface area contributed by atoms with Gasteiger partial charge in [0.25, 0.3) is 0 Å². The second kappa shape index (κ2) is 7.36. The van der Waals surface area contributed by atoms with Crippen molar-refractivity contribution in [2.45, 2.75) is 25.4 Å². The van der Waals surface area contributed by atoms with Crippen LogP contribution in [0.5, 0.6) is 5.88 Å². The van der Waals surface area contributed by atoms with E-state index < -0.39 is 0 Å². The predicted octanol–water partition coefficient (Wildman–Crippen LogP) is 4.40. The Morgan fingerprint density at radius 1 is 1.35 bits per heavy atom. The maximum Gasteiger partial charge on any atom is 0.213 e. The number of hydrogen-bond acceptors (Lipinski definition) is 5. The van der Waals surface area contributed by atoms with Crippen molar-refractivity contribution in [2.75, 3.05) is 13.1 Å². The molecular formula is C20H18ClN3O2. The molecule has 1 N–H and O–H groups in total. The van der Waals surface area contributed by atoms with Crippen LogP contribution in [0.1, 0.15) is 35.6 Å². The van der Waals surface area contributed by atoms with Crippen molar-refractivity contribution in [2.24, 2.45) is 0 Å². The third kappa shape index (κ3) is 3.39. The molecule has 1 aliphatic rings. The van der Waals surface area contributed by atoms with Crippen LogP contribution in [0.4, 0.5) is 0 Å². The molecule has 3 heterocycles. The van der Waals surface area contributed by atoms with Gasteiger partial charge < -0.3 is 14.5 Å². The van der Waals surface area contributed by atoms with E-state index in [0.717, 1.165) is 37.2 Å². The van der Waals surface area contributed by atoms with Crippen molar-refractivity contribution in [1.82, 2.24) is 10.3 Å². The van der Waals surface area contributed by atoms with Gasteiger partial charge in [-0.2, -0.15) is 5.26 Å². The van der Waals surface area contributed by atoms with Gasteiger partial charge in [-0.1, -0.05) is 12.1 Å². The summed E-state index contributed by atoms with van der Waals surface area (Å²) in [6.07, 6.45) is 1.86. The van der Waals surface area contributed by atoms with Crippen LogP contribution in [0.3, 0.4) is 0 Å². The molecule has 1 fully saturated rings. The van der Waals surface area contributed by atoms with Crippen molar-refractivity contribution in [3.8, 4) is 11.9 Å². The summed E-state index contributed by atoms with van der Waals surface area (Å²) >= 11 is 5.97. The Morgan fingerprint density at radius 2 is 2.19 bits per heavy atom. The Labute approximate surface area is 158 Å². The van der Waals surface area contributed by atoms with Gasteiger partial charge in [0.05, 0.1) is 11.6 Å². The molecule has 3 aromatic rings. The highest BCUT2D eigenvalue weighted by Gasteiger charge is 2.17. The Bertz CT molecular complexity index is 1010. The fourth-order valence-corrected chi connectivity index (χ4v) is 3.48. The first kappa shape index (κ1) is 15.7. The quantitative estimate of drug-likeness (QED) is 0.739. The number of nitriles is 1. The molecule has 0 radical (unpaired) electrons. The van der Waals surface area contributed by atoms with Crippen LogP contribution in [0.25, 0.3) is 11.0 Å². The van der Waals surface area contributed by atoms with E-state index in [9.17, 15) is 5.26 Å². The molecule has 0 aliphatic carbocycles. The molecule has 0 amide bonds. The summed E-state index contributed by atoms with van der Waals surface area (Å²) in [5.74, 6) is 0.914. The Hall–Kier alpha value is -2.55. The molecule has 0 saturated carbocycles.